The van der Waals surface area contributed by atoms with E-state index in [-0.39, 0.29) is 11.6 Å². The van der Waals surface area contributed by atoms with Gasteiger partial charge < -0.3 is 4.57 Å². The van der Waals surface area contributed by atoms with Crippen molar-refractivity contribution in [2.75, 3.05) is 0 Å². The first-order valence-electron chi connectivity index (χ1n) is 10.2. The van der Waals surface area contributed by atoms with Crippen LogP contribution < -0.4 is 5.43 Å². The summed E-state index contributed by atoms with van der Waals surface area (Å²) in [6.45, 7) is 3.99. The summed E-state index contributed by atoms with van der Waals surface area (Å²) < 4.78 is 2.10. The van der Waals surface area contributed by atoms with Gasteiger partial charge in [0, 0.05) is 47.2 Å². The summed E-state index contributed by atoms with van der Waals surface area (Å²) in [6.07, 6.45) is 4.71. The third-order valence-electron chi connectivity index (χ3n) is 5.30. The monoisotopic (exact) mass is 439 g/mol. The summed E-state index contributed by atoms with van der Waals surface area (Å²) in [7, 11) is 0. The van der Waals surface area contributed by atoms with Crippen molar-refractivity contribution in [3.8, 4) is 16.8 Å². The predicted octanol–water partition coefficient (Wildman–Crippen LogP) is 4.83. The summed E-state index contributed by atoms with van der Waals surface area (Å²) in [4.78, 5) is 26.5. The standard InChI is InChI=1S/C25H21N5O3/c1-17-14-22(16-27-28-25(31)21-4-3-13-26-15-21)18(2)29(17)23-9-5-19(6-10-23)20-7-11-24(12-8-20)30(32)33/h3-16H,1-2H3,(H,28,31). The quantitative estimate of drug-likeness (QED) is 0.264. The van der Waals surface area contributed by atoms with Gasteiger partial charge in [-0.3, -0.25) is 19.9 Å². The summed E-state index contributed by atoms with van der Waals surface area (Å²) in [5, 5.41) is 14.9. The maximum atomic E-state index is 12.1. The van der Waals surface area contributed by atoms with Gasteiger partial charge in [0.15, 0.2) is 0 Å². The van der Waals surface area contributed by atoms with Crippen LogP contribution in [0.5, 0.6) is 0 Å². The Balaban J connectivity index is 1.51. The first-order valence-corrected chi connectivity index (χ1v) is 10.2. The molecule has 2 aromatic heterocycles. The Labute approximate surface area is 190 Å². The van der Waals surface area contributed by atoms with E-state index in [2.05, 4.69) is 20.1 Å². The van der Waals surface area contributed by atoms with Crippen molar-refractivity contribution in [3.63, 3.8) is 0 Å². The van der Waals surface area contributed by atoms with E-state index in [9.17, 15) is 14.9 Å². The molecular weight excluding hydrogens is 418 g/mol. The van der Waals surface area contributed by atoms with Crippen molar-refractivity contribution in [2.45, 2.75) is 13.8 Å². The number of benzene rings is 2. The number of nitrogens with zero attached hydrogens (tertiary/aromatic N) is 4. The molecule has 0 unspecified atom stereocenters. The topological polar surface area (TPSA) is 102 Å². The third kappa shape index (κ3) is 4.69. The maximum Gasteiger partial charge on any atom is 0.272 e. The molecule has 0 radical (unpaired) electrons. The highest BCUT2D eigenvalue weighted by atomic mass is 16.6. The number of carbonyl (C=O) groups is 1. The minimum atomic E-state index is -0.407. The predicted molar refractivity (Wildman–Crippen MR) is 127 cm³/mol. The minimum absolute atomic E-state index is 0.0692. The van der Waals surface area contributed by atoms with Crippen LogP contribution in [0.2, 0.25) is 0 Å². The zero-order valence-electron chi connectivity index (χ0n) is 18.1. The van der Waals surface area contributed by atoms with Gasteiger partial charge in [-0.15, -0.1) is 0 Å². The first-order chi connectivity index (χ1) is 15.9. The van der Waals surface area contributed by atoms with Gasteiger partial charge >= 0.3 is 0 Å². The number of non-ortho nitro benzene ring substituents is 1. The van der Waals surface area contributed by atoms with Crippen molar-refractivity contribution in [1.29, 1.82) is 0 Å². The number of hydrazone groups is 1. The lowest BCUT2D eigenvalue weighted by Gasteiger charge is -2.11. The van der Waals surface area contributed by atoms with Gasteiger partial charge in [-0.05, 0) is 67.4 Å². The molecule has 0 spiro atoms. The van der Waals surface area contributed by atoms with Crippen LogP contribution >= 0.6 is 0 Å². The number of rotatable bonds is 6. The van der Waals surface area contributed by atoms with Crippen LogP contribution in [-0.4, -0.2) is 26.6 Å². The van der Waals surface area contributed by atoms with Crippen LogP contribution in [0.25, 0.3) is 16.8 Å². The average molecular weight is 439 g/mol. The number of hydrogen-bond acceptors (Lipinski definition) is 5. The fourth-order valence-corrected chi connectivity index (χ4v) is 3.62. The molecule has 0 aliphatic rings. The van der Waals surface area contributed by atoms with Crippen LogP contribution in [0.1, 0.15) is 27.3 Å². The third-order valence-corrected chi connectivity index (χ3v) is 5.30. The number of nitrogens with one attached hydrogen (secondary N) is 1. The number of aromatic nitrogens is 2. The molecule has 0 atom stereocenters. The zero-order valence-corrected chi connectivity index (χ0v) is 18.1. The van der Waals surface area contributed by atoms with E-state index in [4.69, 9.17) is 0 Å². The lowest BCUT2D eigenvalue weighted by molar-refractivity contribution is -0.384. The maximum absolute atomic E-state index is 12.1. The van der Waals surface area contributed by atoms with Gasteiger partial charge in [0.05, 0.1) is 16.7 Å². The van der Waals surface area contributed by atoms with Crippen LogP contribution in [0, 0.1) is 24.0 Å². The molecule has 0 saturated heterocycles. The average Bonchev–Trinajstić information content (AvgIpc) is 3.12. The molecule has 0 aliphatic carbocycles. The summed E-state index contributed by atoms with van der Waals surface area (Å²) >= 11 is 0. The Hall–Kier alpha value is -4.59. The highest BCUT2D eigenvalue weighted by molar-refractivity contribution is 5.94. The van der Waals surface area contributed by atoms with Crippen molar-refractivity contribution in [3.05, 3.63) is 112 Å². The number of nitro benzene ring substituents is 1. The Kier molecular flexibility index (Phi) is 6.08. The first kappa shape index (κ1) is 21.6. The molecule has 8 heteroatoms. The second-order valence-corrected chi connectivity index (χ2v) is 7.45. The molecule has 164 valence electrons. The number of hydrogen-bond donors (Lipinski definition) is 1. The smallest absolute Gasteiger partial charge is 0.272 e. The molecule has 0 aliphatic heterocycles. The molecule has 0 saturated carbocycles. The zero-order chi connectivity index (χ0) is 23.4. The largest absolute Gasteiger partial charge is 0.318 e. The van der Waals surface area contributed by atoms with Crippen molar-refractivity contribution in [2.24, 2.45) is 5.10 Å². The van der Waals surface area contributed by atoms with E-state index >= 15 is 0 Å². The van der Waals surface area contributed by atoms with Crippen molar-refractivity contribution in [1.82, 2.24) is 15.0 Å². The lowest BCUT2D eigenvalue weighted by atomic mass is 10.0. The highest BCUT2D eigenvalue weighted by Gasteiger charge is 2.11. The van der Waals surface area contributed by atoms with Crippen LogP contribution in [0.3, 0.4) is 0 Å². The second kappa shape index (κ2) is 9.27. The molecule has 0 fully saturated rings. The van der Waals surface area contributed by atoms with Gasteiger partial charge in [-0.1, -0.05) is 12.1 Å². The molecule has 0 bridgehead atoms. The van der Waals surface area contributed by atoms with Crippen molar-refractivity contribution < 1.29 is 9.72 Å². The summed E-state index contributed by atoms with van der Waals surface area (Å²) in [6, 6.07) is 19.8. The number of carbonyl (C=O) groups excluding carboxylic acids is 1. The molecule has 2 aromatic carbocycles. The van der Waals surface area contributed by atoms with E-state index in [1.165, 1.54) is 18.3 Å². The minimum Gasteiger partial charge on any atom is -0.318 e. The van der Waals surface area contributed by atoms with Gasteiger partial charge in [0.1, 0.15) is 0 Å². The Bertz CT molecular complexity index is 1330. The molecule has 4 rings (SSSR count). The van der Waals surface area contributed by atoms with Gasteiger partial charge in [-0.2, -0.15) is 5.10 Å². The Morgan fingerprint density at radius 1 is 1.06 bits per heavy atom. The number of amides is 1. The van der Waals surface area contributed by atoms with Crippen LogP contribution in [0.4, 0.5) is 5.69 Å². The van der Waals surface area contributed by atoms with E-state index < -0.39 is 4.92 Å². The molecule has 1 N–H and O–H groups in total. The normalized spacial score (nSPS) is 11.0. The fourth-order valence-electron chi connectivity index (χ4n) is 3.62. The summed E-state index contributed by atoms with van der Waals surface area (Å²) in [5.74, 6) is -0.324. The number of aryl methyl sites for hydroxylation is 1. The highest BCUT2D eigenvalue weighted by Crippen LogP contribution is 2.25. The van der Waals surface area contributed by atoms with Crippen LogP contribution in [0.15, 0.2) is 84.2 Å². The molecule has 2 heterocycles. The Morgan fingerprint density at radius 3 is 2.33 bits per heavy atom. The van der Waals surface area contributed by atoms with Gasteiger partial charge in [0.25, 0.3) is 11.6 Å². The molecule has 8 nitrogen and oxygen atoms in total. The molecule has 4 aromatic rings. The molecule has 1 amide bonds. The lowest BCUT2D eigenvalue weighted by Crippen LogP contribution is -2.17. The Morgan fingerprint density at radius 2 is 1.73 bits per heavy atom. The fraction of sp³-hybridized carbons (Fsp3) is 0.0800. The molecular formula is C25H21N5O3. The summed E-state index contributed by atoms with van der Waals surface area (Å²) in [5.41, 5.74) is 8.78. The van der Waals surface area contributed by atoms with E-state index in [1.54, 1.807) is 36.7 Å². The van der Waals surface area contributed by atoms with E-state index in [1.807, 2.05) is 44.2 Å². The van der Waals surface area contributed by atoms with Gasteiger partial charge in [0.2, 0.25) is 0 Å². The van der Waals surface area contributed by atoms with E-state index in [0.717, 1.165) is 33.8 Å². The van der Waals surface area contributed by atoms with Crippen molar-refractivity contribution >= 4 is 17.8 Å². The second-order valence-electron chi connectivity index (χ2n) is 7.45. The molecule has 33 heavy (non-hydrogen) atoms. The number of nitro groups is 1. The van der Waals surface area contributed by atoms with Gasteiger partial charge in [-0.25, -0.2) is 5.43 Å². The van der Waals surface area contributed by atoms with E-state index in [0.29, 0.717) is 5.56 Å². The SMILES string of the molecule is Cc1cc(C=NNC(=O)c2cccnc2)c(C)n1-c1ccc(-c2ccc([N+](=O)[O-])cc2)cc1. The number of pyridine rings is 1. The van der Waals surface area contributed by atoms with Crippen LogP contribution in [-0.2, 0) is 0 Å².